The van der Waals surface area contributed by atoms with Crippen molar-refractivity contribution in [2.75, 3.05) is 0 Å². The van der Waals surface area contributed by atoms with Crippen LogP contribution >= 0.6 is 0 Å². The molecule has 0 saturated carbocycles. The van der Waals surface area contributed by atoms with E-state index in [0.717, 1.165) is 24.1 Å². The number of carbonyl (C=O) groups is 1. The van der Waals surface area contributed by atoms with Gasteiger partial charge in [0.1, 0.15) is 6.29 Å². The van der Waals surface area contributed by atoms with Gasteiger partial charge in [0, 0.05) is 17.7 Å². The summed E-state index contributed by atoms with van der Waals surface area (Å²) in [7, 11) is 0. The van der Waals surface area contributed by atoms with E-state index in [2.05, 4.69) is 11.9 Å². The Kier molecular flexibility index (Phi) is 2.63. The van der Waals surface area contributed by atoms with Crippen LogP contribution in [-0.4, -0.2) is 15.8 Å². The van der Waals surface area contributed by atoms with Crippen LogP contribution < -0.4 is 0 Å². The highest BCUT2D eigenvalue weighted by molar-refractivity contribution is 5.78. The summed E-state index contributed by atoms with van der Waals surface area (Å²) in [6, 6.07) is 7.53. The van der Waals surface area contributed by atoms with Crippen LogP contribution in [0.3, 0.4) is 0 Å². The summed E-state index contributed by atoms with van der Waals surface area (Å²) in [6.07, 6.45) is 4.46. The lowest BCUT2D eigenvalue weighted by Gasteiger charge is -2.05. The number of rotatable bonds is 3. The first kappa shape index (κ1) is 9.65. The second kappa shape index (κ2) is 4.09. The summed E-state index contributed by atoms with van der Waals surface area (Å²) in [6.45, 7) is 2.94. The summed E-state index contributed by atoms with van der Waals surface area (Å²) >= 11 is 0. The van der Waals surface area contributed by atoms with Gasteiger partial charge in [0.15, 0.2) is 0 Å². The average Bonchev–Trinajstić information content (AvgIpc) is 2.77. The molecule has 15 heavy (non-hydrogen) atoms. The van der Waals surface area contributed by atoms with Gasteiger partial charge in [0.05, 0.1) is 18.2 Å². The first-order valence-corrected chi connectivity index (χ1v) is 4.91. The highest BCUT2D eigenvalue weighted by Gasteiger charge is 2.03. The summed E-state index contributed by atoms with van der Waals surface area (Å²) < 4.78 is 2.05. The number of hydrogen-bond acceptors (Lipinski definition) is 2. The van der Waals surface area contributed by atoms with Crippen LogP contribution in [0.2, 0.25) is 0 Å². The van der Waals surface area contributed by atoms with Crippen molar-refractivity contribution in [3.8, 4) is 11.3 Å². The third kappa shape index (κ3) is 1.81. The molecule has 0 spiro atoms. The molecular weight excluding hydrogens is 188 g/mol. The number of aldehydes is 1. The minimum Gasteiger partial charge on any atom is -0.331 e. The Balaban J connectivity index is 2.48. The monoisotopic (exact) mass is 200 g/mol. The van der Waals surface area contributed by atoms with Gasteiger partial charge in [0.25, 0.3) is 0 Å². The molecule has 0 unspecified atom stereocenters. The van der Waals surface area contributed by atoms with Gasteiger partial charge in [-0.25, -0.2) is 4.98 Å². The molecule has 2 aromatic rings. The minimum absolute atomic E-state index is 0.691. The van der Waals surface area contributed by atoms with Crippen molar-refractivity contribution in [2.45, 2.75) is 13.5 Å². The molecule has 0 radical (unpaired) electrons. The van der Waals surface area contributed by atoms with Crippen molar-refractivity contribution in [1.29, 1.82) is 0 Å². The van der Waals surface area contributed by atoms with Crippen molar-refractivity contribution < 1.29 is 4.79 Å². The molecule has 3 heteroatoms. The second-order valence-corrected chi connectivity index (χ2v) is 3.31. The van der Waals surface area contributed by atoms with Crippen molar-refractivity contribution in [3.63, 3.8) is 0 Å². The Hall–Kier alpha value is -1.90. The normalized spacial score (nSPS) is 10.2. The number of carbonyl (C=O) groups excluding carboxylic acids is 1. The van der Waals surface area contributed by atoms with E-state index in [1.165, 1.54) is 0 Å². The third-order valence-electron chi connectivity index (χ3n) is 2.37. The van der Waals surface area contributed by atoms with Crippen LogP contribution in [-0.2, 0) is 6.54 Å². The van der Waals surface area contributed by atoms with Crippen molar-refractivity contribution >= 4 is 6.29 Å². The molecule has 2 rings (SSSR count). The molecule has 76 valence electrons. The molecule has 3 nitrogen and oxygen atoms in total. The lowest BCUT2D eigenvalue weighted by Crippen LogP contribution is -1.94. The molecule has 1 aromatic carbocycles. The van der Waals surface area contributed by atoms with Crippen LogP contribution in [0.4, 0.5) is 0 Å². The highest BCUT2D eigenvalue weighted by atomic mass is 16.1. The number of benzene rings is 1. The zero-order chi connectivity index (χ0) is 10.7. The molecule has 0 fully saturated rings. The maximum atomic E-state index is 10.7. The minimum atomic E-state index is 0.691. The maximum Gasteiger partial charge on any atom is 0.150 e. The van der Waals surface area contributed by atoms with Crippen LogP contribution in [0, 0.1) is 0 Å². The molecule has 1 heterocycles. The fourth-order valence-corrected chi connectivity index (χ4v) is 1.58. The third-order valence-corrected chi connectivity index (χ3v) is 2.37. The Bertz CT molecular complexity index is 474. The van der Waals surface area contributed by atoms with Gasteiger partial charge in [-0.2, -0.15) is 0 Å². The van der Waals surface area contributed by atoms with Gasteiger partial charge in [-0.1, -0.05) is 18.2 Å². The maximum absolute atomic E-state index is 10.7. The lowest BCUT2D eigenvalue weighted by molar-refractivity contribution is 0.112. The van der Waals surface area contributed by atoms with E-state index in [0.29, 0.717) is 5.56 Å². The Labute approximate surface area is 88.4 Å². The standard InChI is InChI=1S/C12H12N2O/c1-2-14-9-13-7-12(14)11-5-3-4-10(6-11)8-15/h3-9H,2H2,1H3. The van der Waals surface area contributed by atoms with E-state index in [4.69, 9.17) is 0 Å². The van der Waals surface area contributed by atoms with E-state index < -0.39 is 0 Å². The topological polar surface area (TPSA) is 34.9 Å². The molecule has 1 aromatic heterocycles. The molecule has 0 amide bonds. The largest absolute Gasteiger partial charge is 0.331 e. The number of aromatic nitrogens is 2. The quantitative estimate of drug-likeness (QED) is 0.713. The summed E-state index contributed by atoms with van der Waals surface area (Å²) in [4.78, 5) is 14.8. The molecule has 0 saturated heterocycles. The van der Waals surface area contributed by atoms with Crippen molar-refractivity contribution in [1.82, 2.24) is 9.55 Å². The smallest absolute Gasteiger partial charge is 0.150 e. The van der Waals surface area contributed by atoms with E-state index in [1.807, 2.05) is 29.0 Å². The molecular formula is C12H12N2O. The van der Waals surface area contributed by atoms with Gasteiger partial charge < -0.3 is 4.57 Å². The first-order valence-electron chi connectivity index (χ1n) is 4.91. The molecule has 0 N–H and O–H groups in total. The predicted octanol–water partition coefficient (Wildman–Crippen LogP) is 2.38. The van der Waals surface area contributed by atoms with Crippen LogP contribution in [0.25, 0.3) is 11.3 Å². The molecule has 0 aliphatic rings. The second-order valence-electron chi connectivity index (χ2n) is 3.31. The average molecular weight is 200 g/mol. The zero-order valence-corrected chi connectivity index (χ0v) is 8.55. The number of aryl methyl sites for hydroxylation is 1. The molecule has 0 aliphatic heterocycles. The number of imidazole rings is 1. The van der Waals surface area contributed by atoms with E-state index in [1.54, 1.807) is 12.4 Å². The van der Waals surface area contributed by atoms with Gasteiger partial charge >= 0.3 is 0 Å². The van der Waals surface area contributed by atoms with Crippen LogP contribution in [0.5, 0.6) is 0 Å². The van der Waals surface area contributed by atoms with Gasteiger partial charge in [-0.05, 0) is 13.0 Å². The molecule has 0 bridgehead atoms. The molecule has 0 aliphatic carbocycles. The van der Waals surface area contributed by atoms with Gasteiger partial charge in [0.2, 0.25) is 0 Å². The summed E-state index contributed by atoms with van der Waals surface area (Å²) in [5.74, 6) is 0. The lowest BCUT2D eigenvalue weighted by atomic mass is 10.1. The Morgan fingerprint density at radius 2 is 2.33 bits per heavy atom. The fraction of sp³-hybridized carbons (Fsp3) is 0.167. The fourth-order valence-electron chi connectivity index (χ4n) is 1.58. The van der Waals surface area contributed by atoms with E-state index in [9.17, 15) is 4.79 Å². The first-order chi connectivity index (χ1) is 7.35. The zero-order valence-electron chi connectivity index (χ0n) is 8.55. The van der Waals surface area contributed by atoms with Crippen LogP contribution in [0.1, 0.15) is 17.3 Å². The summed E-state index contributed by atoms with van der Waals surface area (Å²) in [5.41, 5.74) is 2.76. The SMILES string of the molecule is CCn1cncc1-c1cccc(C=O)c1. The number of nitrogens with zero attached hydrogens (tertiary/aromatic N) is 2. The van der Waals surface area contributed by atoms with E-state index >= 15 is 0 Å². The van der Waals surface area contributed by atoms with Crippen LogP contribution in [0.15, 0.2) is 36.8 Å². The van der Waals surface area contributed by atoms with Gasteiger partial charge in [-0.3, -0.25) is 4.79 Å². The van der Waals surface area contributed by atoms with Crippen molar-refractivity contribution in [3.05, 3.63) is 42.4 Å². The Morgan fingerprint density at radius 3 is 3.07 bits per heavy atom. The predicted molar refractivity (Wildman–Crippen MR) is 58.7 cm³/mol. The highest BCUT2D eigenvalue weighted by Crippen LogP contribution is 2.19. The van der Waals surface area contributed by atoms with Crippen molar-refractivity contribution in [2.24, 2.45) is 0 Å². The van der Waals surface area contributed by atoms with Gasteiger partial charge in [-0.15, -0.1) is 0 Å². The Morgan fingerprint density at radius 1 is 1.47 bits per heavy atom. The van der Waals surface area contributed by atoms with E-state index in [-0.39, 0.29) is 0 Å². The summed E-state index contributed by atoms with van der Waals surface area (Å²) in [5, 5.41) is 0. The number of hydrogen-bond donors (Lipinski definition) is 0. The molecule has 0 atom stereocenters.